The summed E-state index contributed by atoms with van der Waals surface area (Å²) in [5, 5.41) is 0. The van der Waals surface area contributed by atoms with Gasteiger partial charge in [-0.25, -0.2) is 4.79 Å². The van der Waals surface area contributed by atoms with Gasteiger partial charge in [0.05, 0.1) is 22.3 Å². The van der Waals surface area contributed by atoms with Crippen molar-refractivity contribution in [3.63, 3.8) is 0 Å². The van der Waals surface area contributed by atoms with Gasteiger partial charge in [0.25, 0.3) is 0 Å². The number of hydrogen-bond acceptors (Lipinski definition) is 1. The molecule has 0 atom stereocenters. The second-order valence-corrected chi connectivity index (χ2v) is 4.80. The molecule has 0 bridgehead atoms. The minimum atomic E-state index is -4.53. The Morgan fingerprint density at radius 2 is 1.71 bits per heavy atom. The van der Waals surface area contributed by atoms with Gasteiger partial charge in [-0.1, -0.05) is 23.8 Å². The highest BCUT2D eigenvalue weighted by Crippen LogP contribution is 2.34. The summed E-state index contributed by atoms with van der Waals surface area (Å²) >= 11 is 0. The number of aromatic nitrogens is 2. The van der Waals surface area contributed by atoms with Crippen LogP contribution in [0.1, 0.15) is 11.1 Å². The molecule has 0 fully saturated rings. The summed E-state index contributed by atoms with van der Waals surface area (Å²) in [5.41, 5.74) is -0.0602. The number of nitrogens with one attached hydrogen (secondary N) is 1. The minimum Gasteiger partial charge on any atom is -0.305 e. The first kappa shape index (κ1) is 13.5. The number of fused-ring (bicyclic) bond motifs is 1. The first-order valence-electron chi connectivity index (χ1n) is 6.26. The Morgan fingerprint density at radius 3 is 2.33 bits per heavy atom. The molecule has 0 aliphatic carbocycles. The van der Waals surface area contributed by atoms with Crippen molar-refractivity contribution in [2.75, 3.05) is 0 Å². The Morgan fingerprint density at radius 1 is 1.05 bits per heavy atom. The molecular weight excluding hydrogens is 281 g/mol. The summed E-state index contributed by atoms with van der Waals surface area (Å²) in [7, 11) is 0. The van der Waals surface area contributed by atoms with E-state index < -0.39 is 17.4 Å². The molecule has 3 nitrogen and oxygen atoms in total. The second kappa shape index (κ2) is 4.51. The van der Waals surface area contributed by atoms with Crippen LogP contribution in [0.3, 0.4) is 0 Å². The molecule has 0 saturated heterocycles. The summed E-state index contributed by atoms with van der Waals surface area (Å²) in [5.74, 6) is 0. The topological polar surface area (TPSA) is 37.8 Å². The molecule has 0 aliphatic rings. The van der Waals surface area contributed by atoms with Crippen molar-refractivity contribution >= 4 is 11.0 Å². The maximum Gasteiger partial charge on any atom is 0.418 e. The SMILES string of the molecule is Cc1ccc(-n2c(=O)[nH]c3cccc(C(F)(F)F)c32)cc1. The van der Waals surface area contributed by atoms with Crippen LogP contribution in [0.25, 0.3) is 16.7 Å². The van der Waals surface area contributed by atoms with E-state index in [-0.39, 0.29) is 11.0 Å². The third-order valence-electron chi connectivity index (χ3n) is 3.30. The Labute approximate surface area is 117 Å². The van der Waals surface area contributed by atoms with Gasteiger partial charge in [0.1, 0.15) is 0 Å². The molecular formula is C15H11F3N2O. The average Bonchev–Trinajstić information content (AvgIpc) is 2.74. The Hall–Kier alpha value is -2.50. The highest BCUT2D eigenvalue weighted by atomic mass is 19.4. The zero-order chi connectivity index (χ0) is 15.2. The largest absolute Gasteiger partial charge is 0.418 e. The number of imidazole rings is 1. The number of hydrogen-bond donors (Lipinski definition) is 1. The van der Waals surface area contributed by atoms with Crippen molar-refractivity contribution in [2.45, 2.75) is 13.1 Å². The van der Waals surface area contributed by atoms with Crippen LogP contribution in [0.4, 0.5) is 13.2 Å². The lowest BCUT2D eigenvalue weighted by atomic mass is 10.1. The molecule has 3 aromatic rings. The maximum absolute atomic E-state index is 13.2. The van der Waals surface area contributed by atoms with E-state index in [1.165, 1.54) is 12.1 Å². The van der Waals surface area contributed by atoms with E-state index in [1.807, 2.05) is 6.92 Å². The molecule has 0 amide bonds. The molecule has 108 valence electrons. The maximum atomic E-state index is 13.2. The summed E-state index contributed by atoms with van der Waals surface area (Å²) in [4.78, 5) is 14.5. The Balaban J connectivity index is 2.40. The molecule has 3 rings (SSSR count). The van der Waals surface area contributed by atoms with Crippen molar-refractivity contribution in [2.24, 2.45) is 0 Å². The number of alkyl halides is 3. The summed E-state index contributed by atoms with van der Waals surface area (Å²) in [6.45, 7) is 1.86. The van der Waals surface area contributed by atoms with Gasteiger partial charge in [-0.15, -0.1) is 0 Å². The third kappa shape index (κ3) is 2.22. The molecule has 0 radical (unpaired) electrons. The molecule has 0 spiro atoms. The lowest BCUT2D eigenvalue weighted by Gasteiger charge is -2.11. The molecule has 6 heteroatoms. The fourth-order valence-electron chi connectivity index (χ4n) is 2.33. The van der Waals surface area contributed by atoms with Crippen LogP contribution in [0.5, 0.6) is 0 Å². The average molecular weight is 292 g/mol. The quantitative estimate of drug-likeness (QED) is 0.730. The summed E-state index contributed by atoms with van der Waals surface area (Å²) < 4.78 is 40.5. The molecule has 0 unspecified atom stereocenters. The van der Waals surface area contributed by atoms with Crippen molar-refractivity contribution in [1.82, 2.24) is 9.55 Å². The number of aromatic amines is 1. The molecule has 21 heavy (non-hydrogen) atoms. The second-order valence-electron chi connectivity index (χ2n) is 4.80. The van der Waals surface area contributed by atoms with Gasteiger partial charge in [0.2, 0.25) is 0 Å². The summed E-state index contributed by atoms with van der Waals surface area (Å²) in [6, 6.07) is 10.4. The Kier molecular flexibility index (Phi) is 2.90. The predicted octanol–water partition coefficient (Wildman–Crippen LogP) is 3.65. The number of rotatable bonds is 1. The van der Waals surface area contributed by atoms with Gasteiger partial charge in [-0.2, -0.15) is 13.2 Å². The molecule has 2 aromatic carbocycles. The number of aryl methyl sites for hydroxylation is 1. The smallest absolute Gasteiger partial charge is 0.305 e. The highest BCUT2D eigenvalue weighted by Gasteiger charge is 2.34. The molecule has 1 N–H and O–H groups in total. The Bertz CT molecular complexity index is 857. The van der Waals surface area contributed by atoms with Crippen molar-refractivity contribution in [3.05, 3.63) is 64.1 Å². The lowest BCUT2D eigenvalue weighted by Crippen LogP contribution is -2.16. The van der Waals surface area contributed by atoms with Crippen LogP contribution in [-0.4, -0.2) is 9.55 Å². The molecule has 1 heterocycles. The van der Waals surface area contributed by atoms with Crippen molar-refractivity contribution in [3.8, 4) is 5.69 Å². The molecule has 0 saturated carbocycles. The van der Waals surface area contributed by atoms with Crippen LogP contribution in [0.15, 0.2) is 47.3 Å². The van der Waals surface area contributed by atoms with Gasteiger partial charge < -0.3 is 4.98 Å². The van der Waals surface area contributed by atoms with Gasteiger partial charge in [-0.05, 0) is 31.2 Å². The van der Waals surface area contributed by atoms with E-state index in [0.29, 0.717) is 5.69 Å². The first-order valence-corrected chi connectivity index (χ1v) is 6.26. The highest BCUT2D eigenvalue weighted by molar-refractivity contribution is 5.81. The van der Waals surface area contributed by atoms with Crippen molar-refractivity contribution < 1.29 is 13.2 Å². The fraction of sp³-hybridized carbons (Fsp3) is 0.133. The van der Waals surface area contributed by atoms with Crippen LogP contribution < -0.4 is 5.69 Å². The normalized spacial score (nSPS) is 12.0. The van der Waals surface area contributed by atoms with Crippen LogP contribution in [-0.2, 0) is 6.18 Å². The fourth-order valence-corrected chi connectivity index (χ4v) is 2.33. The minimum absolute atomic E-state index is 0.154. The van der Waals surface area contributed by atoms with E-state index in [9.17, 15) is 18.0 Å². The number of H-pyrrole nitrogens is 1. The number of halogens is 3. The van der Waals surface area contributed by atoms with E-state index in [0.717, 1.165) is 16.2 Å². The van der Waals surface area contributed by atoms with Gasteiger partial charge in [-0.3, -0.25) is 4.57 Å². The van der Waals surface area contributed by atoms with E-state index in [2.05, 4.69) is 4.98 Å². The predicted molar refractivity (Wildman–Crippen MR) is 73.6 cm³/mol. The zero-order valence-corrected chi connectivity index (χ0v) is 11.0. The van der Waals surface area contributed by atoms with Crippen molar-refractivity contribution in [1.29, 1.82) is 0 Å². The standard InChI is InChI=1S/C15H11F3N2O/c1-9-5-7-10(8-6-9)20-13-11(15(16,17)18)3-2-4-12(13)19-14(20)21/h2-8H,1H3,(H,19,21). The van der Waals surface area contributed by atoms with Gasteiger partial charge in [0.15, 0.2) is 0 Å². The van der Waals surface area contributed by atoms with Gasteiger partial charge >= 0.3 is 11.9 Å². The van der Waals surface area contributed by atoms with E-state index >= 15 is 0 Å². The zero-order valence-electron chi connectivity index (χ0n) is 11.0. The lowest BCUT2D eigenvalue weighted by molar-refractivity contribution is -0.136. The molecule has 0 aliphatic heterocycles. The number of benzene rings is 2. The van der Waals surface area contributed by atoms with Crippen LogP contribution in [0.2, 0.25) is 0 Å². The monoisotopic (exact) mass is 292 g/mol. The third-order valence-corrected chi connectivity index (χ3v) is 3.30. The van der Waals surface area contributed by atoms with Crippen LogP contribution in [0, 0.1) is 6.92 Å². The summed E-state index contributed by atoms with van der Waals surface area (Å²) in [6.07, 6.45) is -4.53. The molecule has 1 aromatic heterocycles. The van der Waals surface area contributed by atoms with Crippen LogP contribution >= 0.6 is 0 Å². The van der Waals surface area contributed by atoms with E-state index in [4.69, 9.17) is 0 Å². The van der Waals surface area contributed by atoms with E-state index in [1.54, 1.807) is 24.3 Å². The number of para-hydroxylation sites is 1. The first-order chi connectivity index (χ1) is 9.88. The van der Waals surface area contributed by atoms with Gasteiger partial charge in [0, 0.05) is 0 Å². The number of nitrogens with zero attached hydrogens (tertiary/aromatic N) is 1.